The summed E-state index contributed by atoms with van der Waals surface area (Å²) < 4.78 is 7.06. The molecule has 0 saturated carbocycles. The lowest BCUT2D eigenvalue weighted by atomic mass is 10.0. The van der Waals surface area contributed by atoms with Gasteiger partial charge in [-0.25, -0.2) is 0 Å². The number of nitrogens with zero attached hydrogens (tertiary/aromatic N) is 4. The Morgan fingerprint density at radius 2 is 0.849 bits per heavy atom. The molecule has 0 N–H and O–H groups in total. The van der Waals surface area contributed by atoms with Gasteiger partial charge in [-0.1, -0.05) is 109 Å². The SMILES string of the molecule is N#Cc1ccccc1-n1c2ccccc2c2c3c4ccccc4n(-c4ccccc4-c4ccc5c(c4)c4ccccc4n5-c4ccccc4)c3ccc21. The second-order valence-electron chi connectivity index (χ2n) is 13.6. The second kappa shape index (κ2) is 11.3. The van der Waals surface area contributed by atoms with Gasteiger partial charge in [0.25, 0.3) is 0 Å². The van der Waals surface area contributed by atoms with E-state index < -0.39 is 0 Å². The van der Waals surface area contributed by atoms with Gasteiger partial charge in [-0.3, -0.25) is 0 Å². The number of benzene rings is 8. The highest BCUT2D eigenvalue weighted by atomic mass is 15.0. The summed E-state index contributed by atoms with van der Waals surface area (Å²) in [5, 5.41) is 17.3. The molecule has 4 heteroatoms. The minimum Gasteiger partial charge on any atom is -0.309 e. The summed E-state index contributed by atoms with van der Waals surface area (Å²) in [5.74, 6) is 0. The maximum Gasteiger partial charge on any atom is 0.101 e. The number of nitriles is 1. The van der Waals surface area contributed by atoms with E-state index >= 15 is 0 Å². The highest BCUT2D eigenvalue weighted by Crippen LogP contribution is 2.44. The minimum atomic E-state index is 0.649. The van der Waals surface area contributed by atoms with Crippen LogP contribution in [0.15, 0.2) is 182 Å². The first-order valence-corrected chi connectivity index (χ1v) is 17.9. The van der Waals surface area contributed by atoms with Crippen LogP contribution in [0, 0.1) is 11.3 Å². The van der Waals surface area contributed by atoms with Crippen LogP contribution in [0.1, 0.15) is 5.56 Å². The number of aromatic nitrogens is 3. The van der Waals surface area contributed by atoms with E-state index in [4.69, 9.17) is 0 Å². The van der Waals surface area contributed by atoms with Gasteiger partial charge in [0.2, 0.25) is 0 Å². The molecule has 3 aromatic heterocycles. The molecule has 8 aromatic carbocycles. The van der Waals surface area contributed by atoms with E-state index in [1.807, 2.05) is 24.3 Å². The minimum absolute atomic E-state index is 0.649. The molecule has 0 aliphatic carbocycles. The molecule has 0 aliphatic heterocycles. The van der Waals surface area contributed by atoms with Gasteiger partial charge in [0.1, 0.15) is 6.07 Å². The topological polar surface area (TPSA) is 38.6 Å². The summed E-state index contributed by atoms with van der Waals surface area (Å²) in [4.78, 5) is 0. The van der Waals surface area contributed by atoms with E-state index in [0.29, 0.717) is 5.56 Å². The molecule has 246 valence electrons. The Labute approximate surface area is 305 Å². The Bertz CT molecular complexity index is 3300. The highest BCUT2D eigenvalue weighted by molar-refractivity contribution is 6.29. The largest absolute Gasteiger partial charge is 0.309 e. The Balaban J connectivity index is 1.20. The standard InChI is InChI=1S/C49H30N4/c50-31-33-14-4-9-21-40(33)52-43-24-12-7-19-37(43)48-46(52)28-29-47-49(48)38-20-8-13-25-44(38)53(47)41-22-10-5-17-35(41)32-26-27-45-39(30-32)36-18-6-11-23-42(36)51(45)34-15-2-1-3-16-34/h1-30H. The number of hydrogen-bond donors (Lipinski definition) is 0. The van der Waals surface area contributed by atoms with Crippen LogP contribution in [-0.2, 0) is 0 Å². The summed E-state index contributed by atoms with van der Waals surface area (Å²) in [6, 6.07) is 67.1. The second-order valence-corrected chi connectivity index (χ2v) is 13.6. The van der Waals surface area contributed by atoms with Crippen molar-refractivity contribution in [3.63, 3.8) is 0 Å². The first-order valence-electron chi connectivity index (χ1n) is 17.9. The third kappa shape index (κ3) is 4.16. The lowest BCUT2D eigenvalue weighted by Gasteiger charge is -2.15. The molecule has 0 radical (unpaired) electrons. The van der Waals surface area contributed by atoms with Gasteiger partial charge in [0.05, 0.1) is 50.0 Å². The van der Waals surface area contributed by atoms with E-state index in [1.54, 1.807) is 0 Å². The molecule has 0 aliphatic rings. The van der Waals surface area contributed by atoms with Crippen molar-refractivity contribution in [2.45, 2.75) is 0 Å². The molecule has 0 unspecified atom stereocenters. The molecular formula is C49H30N4. The predicted molar refractivity (Wildman–Crippen MR) is 220 cm³/mol. The molecule has 3 heterocycles. The van der Waals surface area contributed by atoms with Crippen molar-refractivity contribution in [1.82, 2.24) is 13.7 Å². The Hall–Kier alpha value is -7.35. The van der Waals surface area contributed by atoms with Crippen molar-refractivity contribution in [3.8, 4) is 34.3 Å². The number of rotatable bonds is 4. The van der Waals surface area contributed by atoms with Gasteiger partial charge in [-0.15, -0.1) is 0 Å². The monoisotopic (exact) mass is 674 g/mol. The smallest absolute Gasteiger partial charge is 0.101 e. The van der Waals surface area contributed by atoms with Crippen molar-refractivity contribution in [2.24, 2.45) is 0 Å². The fourth-order valence-electron chi connectivity index (χ4n) is 8.71. The van der Waals surface area contributed by atoms with Crippen LogP contribution in [0.25, 0.3) is 93.6 Å². The Kier molecular flexibility index (Phi) is 6.28. The van der Waals surface area contributed by atoms with E-state index in [-0.39, 0.29) is 0 Å². The molecule has 0 spiro atoms. The average Bonchev–Trinajstić information content (AvgIpc) is 3.86. The molecule has 4 nitrogen and oxygen atoms in total. The fraction of sp³-hybridized carbons (Fsp3) is 0. The van der Waals surface area contributed by atoms with Crippen molar-refractivity contribution in [1.29, 1.82) is 5.26 Å². The maximum atomic E-state index is 10.1. The van der Waals surface area contributed by atoms with Crippen molar-refractivity contribution >= 4 is 65.4 Å². The van der Waals surface area contributed by atoms with Gasteiger partial charge < -0.3 is 13.7 Å². The zero-order valence-corrected chi connectivity index (χ0v) is 28.6. The zero-order valence-electron chi connectivity index (χ0n) is 28.6. The molecule has 0 fully saturated rings. The van der Waals surface area contributed by atoms with Crippen LogP contribution >= 0.6 is 0 Å². The molecule has 0 atom stereocenters. The summed E-state index contributed by atoms with van der Waals surface area (Å²) >= 11 is 0. The summed E-state index contributed by atoms with van der Waals surface area (Å²) in [7, 11) is 0. The summed E-state index contributed by atoms with van der Waals surface area (Å²) in [5.41, 5.74) is 13.0. The molecule has 53 heavy (non-hydrogen) atoms. The van der Waals surface area contributed by atoms with Gasteiger partial charge in [0.15, 0.2) is 0 Å². The molecule has 0 saturated heterocycles. The van der Waals surface area contributed by atoms with Gasteiger partial charge in [-0.05, 0) is 78.4 Å². The Morgan fingerprint density at radius 3 is 1.53 bits per heavy atom. The fourth-order valence-corrected chi connectivity index (χ4v) is 8.71. The third-order valence-corrected chi connectivity index (χ3v) is 10.9. The van der Waals surface area contributed by atoms with Gasteiger partial charge in [-0.2, -0.15) is 5.26 Å². The van der Waals surface area contributed by atoms with E-state index in [2.05, 4.69) is 177 Å². The number of hydrogen-bond acceptors (Lipinski definition) is 1. The maximum absolute atomic E-state index is 10.1. The first-order chi connectivity index (χ1) is 26.3. The lowest BCUT2D eigenvalue weighted by Crippen LogP contribution is -1.98. The Morgan fingerprint density at radius 1 is 0.358 bits per heavy atom. The van der Waals surface area contributed by atoms with Gasteiger partial charge >= 0.3 is 0 Å². The normalized spacial score (nSPS) is 11.8. The molecule has 11 aromatic rings. The van der Waals surface area contributed by atoms with Crippen molar-refractivity contribution in [3.05, 3.63) is 188 Å². The van der Waals surface area contributed by atoms with Crippen LogP contribution in [-0.4, -0.2) is 13.7 Å². The lowest BCUT2D eigenvalue weighted by molar-refractivity contribution is 1.16. The van der Waals surface area contributed by atoms with Crippen molar-refractivity contribution in [2.75, 3.05) is 0 Å². The third-order valence-electron chi connectivity index (χ3n) is 10.9. The predicted octanol–water partition coefficient (Wildman–Crippen LogP) is 12.5. The summed E-state index contributed by atoms with van der Waals surface area (Å²) in [6.07, 6.45) is 0. The molecular weight excluding hydrogens is 645 g/mol. The quantitative estimate of drug-likeness (QED) is 0.183. The van der Waals surface area contributed by atoms with Crippen LogP contribution in [0.2, 0.25) is 0 Å². The molecule has 0 amide bonds. The zero-order chi connectivity index (χ0) is 35.0. The molecule has 11 rings (SSSR count). The van der Waals surface area contributed by atoms with E-state index in [1.165, 1.54) is 49.1 Å². The summed E-state index contributed by atoms with van der Waals surface area (Å²) in [6.45, 7) is 0. The van der Waals surface area contributed by atoms with Crippen LogP contribution in [0.5, 0.6) is 0 Å². The average molecular weight is 675 g/mol. The van der Waals surface area contributed by atoms with E-state index in [9.17, 15) is 5.26 Å². The van der Waals surface area contributed by atoms with Crippen LogP contribution < -0.4 is 0 Å². The van der Waals surface area contributed by atoms with E-state index in [0.717, 1.165) is 44.5 Å². The van der Waals surface area contributed by atoms with Crippen molar-refractivity contribution < 1.29 is 0 Å². The molecule has 0 bridgehead atoms. The number of para-hydroxylation sites is 6. The highest BCUT2D eigenvalue weighted by Gasteiger charge is 2.22. The first kappa shape index (κ1) is 29.4. The number of fused-ring (bicyclic) bond motifs is 10. The van der Waals surface area contributed by atoms with Gasteiger partial charge in [0, 0.05) is 43.6 Å². The van der Waals surface area contributed by atoms with Crippen LogP contribution in [0.4, 0.5) is 0 Å². The van der Waals surface area contributed by atoms with Crippen LogP contribution in [0.3, 0.4) is 0 Å².